The highest BCUT2D eigenvalue weighted by Gasteiger charge is 2.18. The molecule has 0 aromatic carbocycles. The van der Waals surface area contributed by atoms with Crippen molar-refractivity contribution in [1.29, 1.82) is 0 Å². The zero-order valence-corrected chi connectivity index (χ0v) is 13.5. The summed E-state index contributed by atoms with van der Waals surface area (Å²) in [6, 6.07) is 1.89. The maximum Gasteiger partial charge on any atom is 0.223 e. The van der Waals surface area contributed by atoms with E-state index in [0.717, 1.165) is 50.3 Å². The number of aliphatic hydroxyl groups excluding tert-OH is 1. The van der Waals surface area contributed by atoms with Crippen molar-refractivity contribution in [3.05, 3.63) is 24.7 Å². The number of nitrogens with zero attached hydrogens (tertiary/aromatic N) is 5. The van der Waals surface area contributed by atoms with Gasteiger partial charge in [-0.3, -0.25) is 4.68 Å². The van der Waals surface area contributed by atoms with Crippen molar-refractivity contribution in [3.63, 3.8) is 0 Å². The third-order valence-corrected chi connectivity index (χ3v) is 4.23. The second-order valence-electron chi connectivity index (χ2n) is 6.09. The average molecular weight is 316 g/mol. The number of hydrogen-bond acceptors (Lipinski definition) is 6. The molecule has 1 saturated heterocycles. The van der Waals surface area contributed by atoms with Gasteiger partial charge in [0.1, 0.15) is 0 Å². The predicted molar refractivity (Wildman–Crippen MR) is 89.0 cm³/mol. The summed E-state index contributed by atoms with van der Waals surface area (Å²) < 4.78 is 1.76. The number of piperidine rings is 1. The van der Waals surface area contributed by atoms with Crippen molar-refractivity contribution in [2.24, 2.45) is 13.0 Å². The van der Waals surface area contributed by atoms with Crippen LogP contribution in [0.15, 0.2) is 24.7 Å². The Morgan fingerprint density at radius 2 is 2.35 bits per heavy atom. The van der Waals surface area contributed by atoms with Gasteiger partial charge in [0.05, 0.1) is 11.9 Å². The normalized spacial score (nSPS) is 19.0. The summed E-state index contributed by atoms with van der Waals surface area (Å²) in [4.78, 5) is 11.2. The molecule has 2 aromatic heterocycles. The lowest BCUT2D eigenvalue weighted by molar-refractivity contribution is 0.123. The fraction of sp³-hybridized carbons (Fsp3) is 0.562. The Hall–Kier alpha value is -1.99. The number of rotatable bonds is 6. The van der Waals surface area contributed by atoms with Crippen LogP contribution in [0.4, 0.5) is 5.95 Å². The van der Waals surface area contributed by atoms with Crippen molar-refractivity contribution >= 4 is 5.95 Å². The van der Waals surface area contributed by atoms with Crippen molar-refractivity contribution < 1.29 is 5.11 Å². The smallest absolute Gasteiger partial charge is 0.223 e. The molecule has 7 nitrogen and oxygen atoms in total. The molecule has 0 radical (unpaired) electrons. The molecule has 0 spiro atoms. The Morgan fingerprint density at radius 3 is 3.13 bits per heavy atom. The Kier molecular flexibility index (Phi) is 5.19. The Balaban J connectivity index is 1.52. The molecule has 1 atom stereocenters. The van der Waals surface area contributed by atoms with Crippen LogP contribution in [-0.4, -0.2) is 62.5 Å². The predicted octanol–water partition coefficient (Wildman–Crippen LogP) is 0.993. The van der Waals surface area contributed by atoms with E-state index in [9.17, 15) is 5.11 Å². The van der Waals surface area contributed by atoms with Gasteiger partial charge in [-0.25, -0.2) is 9.97 Å². The van der Waals surface area contributed by atoms with Crippen molar-refractivity contribution in [1.82, 2.24) is 24.6 Å². The van der Waals surface area contributed by atoms with E-state index in [2.05, 4.69) is 25.3 Å². The minimum atomic E-state index is 0.292. The van der Waals surface area contributed by atoms with E-state index in [1.807, 2.05) is 19.3 Å². The molecule has 2 N–H and O–H groups in total. The zero-order valence-electron chi connectivity index (χ0n) is 13.5. The maximum absolute atomic E-state index is 9.28. The van der Waals surface area contributed by atoms with Gasteiger partial charge in [0.2, 0.25) is 5.95 Å². The van der Waals surface area contributed by atoms with Gasteiger partial charge < -0.3 is 15.3 Å². The van der Waals surface area contributed by atoms with Crippen LogP contribution < -0.4 is 5.32 Å². The third-order valence-electron chi connectivity index (χ3n) is 4.23. The molecule has 1 unspecified atom stereocenters. The number of likely N-dealkylation sites (tertiary alicyclic amines) is 1. The molecule has 1 fully saturated rings. The van der Waals surface area contributed by atoms with Gasteiger partial charge in [-0.1, -0.05) is 0 Å². The highest BCUT2D eigenvalue weighted by Crippen LogP contribution is 2.17. The molecule has 3 rings (SSSR count). The first-order valence-corrected chi connectivity index (χ1v) is 8.14. The SMILES string of the molecule is Cn1cc(-c2ccnc(NCCN3CCCC(CO)C3)n2)cn1. The number of aryl methyl sites for hydroxylation is 1. The number of aliphatic hydroxyl groups is 1. The first-order valence-electron chi connectivity index (χ1n) is 8.14. The minimum Gasteiger partial charge on any atom is -0.396 e. The zero-order chi connectivity index (χ0) is 16.1. The fourth-order valence-corrected chi connectivity index (χ4v) is 2.99. The van der Waals surface area contributed by atoms with Gasteiger partial charge in [-0.05, 0) is 31.4 Å². The summed E-state index contributed by atoms with van der Waals surface area (Å²) in [5.41, 5.74) is 1.86. The van der Waals surface area contributed by atoms with Crippen LogP contribution in [0, 0.1) is 5.92 Å². The molecule has 1 aliphatic rings. The lowest BCUT2D eigenvalue weighted by Crippen LogP contribution is -2.39. The van der Waals surface area contributed by atoms with Gasteiger partial charge in [0.25, 0.3) is 0 Å². The molecular weight excluding hydrogens is 292 g/mol. The van der Waals surface area contributed by atoms with E-state index in [4.69, 9.17) is 0 Å². The van der Waals surface area contributed by atoms with Crippen LogP contribution in [0.2, 0.25) is 0 Å². The summed E-state index contributed by atoms with van der Waals surface area (Å²) >= 11 is 0. The highest BCUT2D eigenvalue weighted by molar-refractivity contribution is 5.57. The van der Waals surface area contributed by atoms with Crippen LogP contribution in [0.5, 0.6) is 0 Å². The molecule has 0 amide bonds. The van der Waals surface area contributed by atoms with E-state index >= 15 is 0 Å². The molecule has 1 aliphatic heterocycles. The summed E-state index contributed by atoms with van der Waals surface area (Å²) in [5.74, 6) is 1.07. The van der Waals surface area contributed by atoms with Gasteiger partial charge >= 0.3 is 0 Å². The Morgan fingerprint density at radius 1 is 1.43 bits per heavy atom. The summed E-state index contributed by atoms with van der Waals surface area (Å²) in [7, 11) is 1.89. The van der Waals surface area contributed by atoms with Crippen LogP contribution in [0.1, 0.15) is 12.8 Å². The van der Waals surface area contributed by atoms with Crippen molar-refractivity contribution in [2.75, 3.05) is 38.1 Å². The van der Waals surface area contributed by atoms with Crippen LogP contribution >= 0.6 is 0 Å². The second-order valence-corrected chi connectivity index (χ2v) is 6.09. The van der Waals surface area contributed by atoms with Crippen molar-refractivity contribution in [2.45, 2.75) is 12.8 Å². The molecule has 0 bridgehead atoms. The minimum absolute atomic E-state index is 0.292. The van der Waals surface area contributed by atoms with E-state index in [1.54, 1.807) is 17.1 Å². The van der Waals surface area contributed by atoms with Crippen LogP contribution in [0.25, 0.3) is 11.3 Å². The van der Waals surface area contributed by atoms with Crippen molar-refractivity contribution in [3.8, 4) is 11.3 Å². The molecular formula is C16H24N6O. The first kappa shape index (κ1) is 15.9. The van der Waals surface area contributed by atoms with Gasteiger partial charge in [-0.2, -0.15) is 5.10 Å². The summed E-state index contributed by atoms with van der Waals surface area (Å²) in [5, 5.41) is 16.7. The molecule has 7 heteroatoms. The van der Waals surface area contributed by atoms with Crippen LogP contribution in [-0.2, 0) is 7.05 Å². The summed E-state index contributed by atoms with van der Waals surface area (Å²) in [6.07, 6.45) is 7.80. The largest absolute Gasteiger partial charge is 0.396 e. The lowest BCUT2D eigenvalue weighted by Gasteiger charge is -2.31. The number of anilines is 1. The van der Waals surface area contributed by atoms with Gasteiger partial charge in [0.15, 0.2) is 0 Å². The number of hydrogen-bond donors (Lipinski definition) is 2. The average Bonchev–Trinajstić information content (AvgIpc) is 3.02. The molecule has 3 heterocycles. The van der Waals surface area contributed by atoms with Gasteiger partial charge in [-0.15, -0.1) is 0 Å². The quantitative estimate of drug-likeness (QED) is 0.827. The van der Waals surface area contributed by atoms with E-state index < -0.39 is 0 Å². The molecule has 23 heavy (non-hydrogen) atoms. The fourth-order valence-electron chi connectivity index (χ4n) is 2.99. The van der Waals surface area contributed by atoms with E-state index in [-0.39, 0.29) is 0 Å². The number of aromatic nitrogens is 4. The molecule has 124 valence electrons. The monoisotopic (exact) mass is 316 g/mol. The standard InChI is InChI=1S/C16H24N6O/c1-21-11-14(9-19-21)15-4-5-17-16(20-15)18-6-8-22-7-2-3-13(10-22)12-23/h4-5,9,11,13,23H,2-3,6-8,10,12H2,1H3,(H,17,18,20). The van der Waals surface area contributed by atoms with E-state index in [1.165, 1.54) is 0 Å². The lowest BCUT2D eigenvalue weighted by atomic mass is 9.99. The van der Waals surface area contributed by atoms with E-state index in [0.29, 0.717) is 18.5 Å². The number of nitrogens with one attached hydrogen (secondary N) is 1. The Bertz CT molecular complexity index is 629. The van der Waals surface area contributed by atoms with Gasteiger partial charge in [0, 0.05) is 51.2 Å². The maximum atomic E-state index is 9.28. The third kappa shape index (κ3) is 4.27. The summed E-state index contributed by atoms with van der Waals surface area (Å²) in [6.45, 7) is 4.12. The Labute approximate surface area is 136 Å². The molecule has 0 aliphatic carbocycles. The molecule has 2 aromatic rings. The molecule has 0 saturated carbocycles. The highest BCUT2D eigenvalue weighted by atomic mass is 16.3. The second kappa shape index (κ2) is 7.52. The first-order chi connectivity index (χ1) is 11.2. The van der Waals surface area contributed by atoms with Crippen LogP contribution in [0.3, 0.4) is 0 Å². The topological polar surface area (TPSA) is 79.1 Å².